The molecule has 1 aromatic carbocycles. The lowest BCUT2D eigenvalue weighted by Crippen LogP contribution is -2.30. The van der Waals surface area contributed by atoms with Crippen molar-refractivity contribution in [1.29, 1.82) is 0 Å². The lowest BCUT2D eigenvalue weighted by Gasteiger charge is -2.18. The zero-order valence-corrected chi connectivity index (χ0v) is 10.7. The first kappa shape index (κ1) is 12.8. The summed E-state index contributed by atoms with van der Waals surface area (Å²) in [5.41, 5.74) is 6.26. The van der Waals surface area contributed by atoms with Crippen LogP contribution in [-0.2, 0) is 0 Å². The van der Waals surface area contributed by atoms with Gasteiger partial charge in [0, 0.05) is 18.2 Å². The molecule has 1 aliphatic carbocycles. The number of benzene rings is 1. The third kappa shape index (κ3) is 2.97. The van der Waals surface area contributed by atoms with Gasteiger partial charge in [0.05, 0.1) is 5.02 Å². The zero-order chi connectivity index (χ0) is 12.4. The van der Waals surface area contributed by atoms with Gasteiger partial charge in [-0.2, -0.15) is 0 Å². The molecule has 3 N–H and O–H groups in total. The maximum absolute atomic E-state index is 13.8. The third-order valence-corrected chi connectivity index (χ3v) is 3.79. The lowest BCUT2D eigenvalue weighted by molar-refractivity contribution is 0.487. The van der Waals surface area contributed by atoms with Crippen LogP contribution in [-0.4, -0.2) is 13.1 Å². The van der Waals surface area contributed by atoms with Crippen LogP contribution in [0.15, 0.2) is 18.2 Å². The Kier molecular flexibility index (Phi) is 4.02. The number of rotatable bonds is 5. The second kappa shape index (κ2) is 5.34. The van der Waals surface area contributed by atoms with E-state index in [1.165, 1.54) is 6.42 Å². The van der Waals surface area contributed by atoms with Crippen molar-refractivity contribution in [3.8, 4) is 0 Å². The molecule has 17 heavy (non-hydrogen) atoms. The average molecular weight is 257 g/mol. The molecule has 0 bridgehead atoms. The molecule has 0 spiro atoms. The van der Waals surface area contributed by atoms with Gasteiger partial charge >= 0.3 is 0 Å². The number of hydrogen-bond acceptors (Lipinski definition) is 2. The SMILES string of the molecule is CC1CC1CNC(CN)c1cccc(Cl)c1F. The Labute approximate surface area is 106 Å². The highest BCUT2D eigenvalue weighted by Crippen LogP contribution is 2.37. The summed E-state index contributed by atoms with van der Waals surface area (Å²) < 4.78 is 13.8. The highest BCUT2D eigenvalue weighted by molar-refractivity contribution is 6.30. The Morgan fingerprint density at radius 3 is 2.88 bits per heavy atom. The van der Waals surface area contributed by atoms with E-state index in [1.807, 2.05) is 0 Å². The van der Waals surface area contributed by atoms with Gasteiger partial charge in [0.25, 0.3) is 0 Å². The van der Waals surface area contributed by atoms with E-state index < -0.39 is 0 Å². The van der Waals surface area contributed by atoms with Crippen LogP contribution in [0.2, 0.25) is 5.02 Å². The fraction of sp³-hybridized carbons (Fsp3) is 0.538. The second-order valence-corrected chi connectivity index (χ2v) is 5.22. The predicted octanol–water partition coefficient (Wildman–Crippen LogP) is 2.72. The van der Waals surface area contributed by atoms with Crippen molar-refractivity contribution in [3.05, 3.63) is 34.6 Å². The minimum atomic E-state index is -0.360. The van der Waals surface area contributed by atoms with Gasteiger partial charge in [0.2, 0.25) is 0 Å². The van der Waals surface area contributed by atoms with Crippen LogP contribution < -0.4 is 11.1 Å². The molecule has 0 saturated heterocycles. The third-order valence-electron chi connectivity index (χ3n) is 3.50. The van der Waals surface area contributed by atoms with E-state index in [4.69, 9.17) is 17.3 Å². The number of hydrogen-bond donors (Lipinski definition) is 2. The predicted molar refractivity (Wildman–Crippen MR) is 68.5 cm³/mol. The van der Waals surface area contributed by atoms with Crippen molar-refractivity contribution in [2.24, 2.45) is 17.6 Å². The van der Waals surface area contributed by atoms with Crippen LogP contribution in [0.4, 0.5) is 4.39 Å². The molecule has 0 amide bonds. The molecule has 0 heterocycles. The topological polar surface area (TPSA) is 38.0 Å². The summed E-state index contributed by atoms with van der Waals surface area (Å²) >= 11 is 5.77. The van der Waals surface area contributed by atoms with E-state index in [2.05, 4.69) is 12.2 Å². The normalized spacial score (nSPS) is 24.7. The Hall–Kier alpha value is -0.640. The average Bonchev–Trinajstić information content (AvgIpc) is 3.01. The fourth-order valence-electron chi connectivity index (χ4n) is 2.09. The zero-order valence-electron chi connectivity index (χ0n) is 9.92. The molecule has 0 aliphatic heterocycles. The van der Waals surface area contributed by atoms with Crippen LogP contribution in [0, 0.1) is 17.7 Å². The molecule has 1 fully saturated rings. The molecule has 2 rings (SSSR count). The highest BCUT2D eigenvalue weighted by atomic mass is 35.5. The van der Waals surface area contributed by atoms with Gasteiger partial charge < -0.3 is 11.1 Å². The summed E-state index contributed by atoms with van der Waals surface area (Å²) in [6, 6.07) is 4.89. The molecular weight excluding hydrogens is 239 g/mol. The van der Waals surface area contributed by atoms with E-state index in [9.17, 15) is 4.39 Å². The number of halogens is 2. The van der Waals surface area contributed by atoms with Crippen LogP contribution in [0.25, 0.3) is 0 Å². The maximum Gasteiger partial charge on any atom is 0.146 e. The van der Waals surface area contributed by atoms with Crippen molar-refractivity contribution in [3.63, 3.8) is 0 Å². The van der Waals surface area contributed by atoms with Crippen molar-refractivity contribution in [2.45, 2.75) is 19.4 Å². The maximum atomic E-state index is 13.8. The van der Waals surface area contributed by atoms with Gasteiger partial charge in [-0.3, -0.25) is 0 Å². The van der Waals surface area contributed by atoms with E-state index in [1.54, 1.807) is 18.2 Å². The smallest absolute Gasteiger partial charge is 0.146 e. The summed E-state index contributed by atoms with van der Waals surface area (Å²) in [4.78, 5) is 0. The summed E-state index contributed by atoms with van der Waals surface area (Å²) in [5.74, 6) is 1.14. The Balaban J connectivity index is 2.03. The minimum Gasteiger partial charge on any atom is -0.329 e. The number of nitrogens with two attached hydrogens (primary N) is 1. The fourth-order valence-corrected chi connectivity index (χ4v) is 2.27. The largest absolute Gasteiger partial charge is 0.329 e. The van der Waals surface area contributed by atoms with E-state index in [0.717, 1.165) is 12.5 Å². The highest BCUT2D eigenvalue weighted by Gasteiger charge is 2.32. The van der Waals surface area contributed by atoms with Crippen LogP contribution in [0.5, 0.6) is 0 Å². The van der Waals surface area contributed by atoms with Gasteiger partial charge in [-0.1, -0.05) is 30.7 Å². The lowest BCUT2D eigenvalue weighted by atomic mass is 10.1. The van der Waals surface area contributed by atoms with Crippen LogP contribution in [0.1, 0.15) is 24.9 Å². The first-order valence-electron chi connectivity index (χ1n) is 6.00. The van der Waals surface area contributed by atoms with E-state index >= 15 is 0 Å². The summed E-state index contributed by atoms with van der Waals surface area (Å²) in [5, 5.41) is 3.48. The van der Waals surface area contributed by atoms with Crippen molar-refractivity contribution < 1.29 is 4.39 Å². The molecule has 0 aromatic heterocycles. The molecule has 94 valence electrons. The quantitative estimate of drug-likeness (QED) is 0.850. The molecule has 1 aliphatic rings. The van der Waals surface area contributed by atoms with Crippen molar-refractivity contribution in [1.82, 2.24) is 5.32 Å². The minimum absolute atomic E-state index is 0.151. The van der Waals surface area contributed by atoms with Gasteiger partial charge in [-0.05, 0) is 30.9 Å². The molecule has 4 heteroatoms. The molecule has 1 saturated carbocycles. The monoisotopic (exact) mass is 256 g/mol. The Morgan fingerprint density at radius 1 is 1.59 bits per heavy atom. The van der Waals surface area contributed by atoms with Gasteiger partial charge in [-0.15, -0.1) is 0 Å². The van der Waals surface area contributed by atoms with E-state index in [0.29, 0.717) is 18.0 Å². The van der Waals surface area contributed by atoms with Crippen LogP contribution >= 0.6 is 11.6 Å². The van der Waals surface area contributed by atoms with Crippen LogP contribution in [0.3, 0.4) is 0 Å². The summed E-state index contributed by atoms with van der Waals surface area (Å²) in [6.45, 7) is 3.50. The molecule has 3 atom stereocenters. The van der Waals surface area contributed by atoms with Crippen molar-refractivity contribution >= 4 is 11.6 Å². The van der Waals surface area contributed by atoms with Crippen molar-refractivity contribution in [2.75, 3.05) is 13.1 Å². The van der Waals surface area contributed by atoms with Gasteiger partial charge in [0.15, 0.2) is 0 Å². The summed E-state index contributed by atoms with van der Waals surface area (Å²) in [7, 11) is 0. The molecule has 0 radical (unpaired) electrons. The van der Waals surface area contributed by atoms with Gasteiger partial charge in [-0.25, -0.2) is 4.39 Å². The molecule has 3 unspecified atom stereocenters. The first-order valence-corrected chi connectivity index (χ1v) is 6.38. The Morgan fingerprint density at radius 2 is 2.29 bits per heavy atom. The molecule has 2 nitrogen and oxygen atoms in total. The molecule has 1 aromatic rings. The second-order valence-electron chi connectivity index (χ2n) is 4.81. The van der Waals surface area contributed by atoms with E-state index in [-0.39, 0.29) is 16.9 Å². The number of nitrogens with one attached hydrogen (secondary N) is 1. The molecular formula is C13H18ClFN2. The standard InChI is InChI=1S/C13H18ClFN2/c1-8-5-9(8)7-17-12(6-16)10-3-2-4-11(14)13(10)15/h2-4,8-9,12,17H,5-7,16H2,1H3. The van der Waals surface area contributed by atoms with Gasteiger partial charge in [0.1, 0.15) is 5.82 Å². The summed E-state index contributed by atoms with van der Waals surface area (Å²) in [6.07, 6.45) is 1.25. The first-order chi connectivity index (χ1) is 8.13. The Bertz CT molecular complexity index is 397.